The van der Waals surface area contributed by atoms with Crippen molar-refractivity contribution in [1.29, 1.82) is 0 Å². The van der Waals surface area contributed by atoms with Crippen molar-refractivity contribution < 1.29 is 17.5 Å². The molecule has 5 heteroatoms. The molecular formula is C21H13Cl3NO-. The number of fused-ring (bicyclic) bond motifs is 1. The van der Waals surface area contributed by atoms with Crippen molar-refractivity contribution in [3.63, 3.8) is 0 Å². The van der Waals surface area contributed by atoms with Crippen LogP contribution in [0, 0.1) is 0 Å². The predicted octanol–water partition coefficient (Wildman–Crippen LogP) is 3.59. The van der Waals surface area contributed by atoms with E-state index in [1.807, 2.05) is 60.7 Å². The lowest BCUT2D eigenvalue weighted by molar-refractivity contribution is -0.00000572. The van der Waals surface area contributed by atoms with Crippen LogP contribution in [0.25, 0.3) is 33.3 Å². The minimum atomic E-state index is 0. The highest BCUT2D eigenvalue weighted by Gasteiger charge is 2.12. The first-order chi connectivity index (χ1) is 12.1. The van der Waals surface area contributed by atoms with Crippen LogP contribution in [-0.2, 0) is 0 Å². The van der Waals surface area contributed by atoms with E-state index in [4.69, 9.17) is 28.2 Å². The molecule has 0 radical (unpaired) electrons. The number of nitrogens with zero attached hydrogens (tertiary/aromatic N) is 1. The fourth-order valence-electron chi connectivity index (χ4n) is 2.88. The lowest BCUT2D eigenvalue weighted by Gasteiger charge is -2.12. The summed E-state index contributed by atoms with van der Waals surface area (Å²) in [5, 5.41) is 11.8. The van der Waals surface area contributed by atoms with E-state index in [2.05, 4.69) is 0 Å². The molecule has 4 rings (SSSR count). The maximum atomic E-state index is 9.52. The van der Waals surface area contributed by atoms with Gasteiger partial charge in [0.15, 0.2) is 0 Å². The van der Waals surface area contributed by atoms with Crippen LogP contribution in [0.1, 0.15) is 0 Å². The Hall–Kier alpha value is -2.26. The molecule has 1 N–H and O–H groups in total. The Morgan fingerprint density at radius 3 is 2.23 bits per heavy atom. The van der Waals surface area contributed by atoms with Gasteiger partial charge in [0, 0.05) is 26.6 Å². The van der Waals surface area contributed by atoms with Gasteiger partial charge in [0.2, 0.25) is 0 Å². The number of rotatable bonds is 2. The maximum absolute atomic E-state index is 9.52. The summed E-state index contributed by atoms with van der Waals surface area (Å²) in [5.41, 5.74) is 4.47. The van der Waals surface area contributed by atoms with E-state index in [1.165, 1.54) is 0 Å². The van der Waals surface area contributed by atoms with Crippen molar-refractivity contribution in [2.45, 2.75) is 0 Å². The first-order valence-corrected chi connectivity index (χ1v) is 8.52. The van der Waals surface area contributed by atoms with Gasteiger partial charge in [-0.15, -0.1) is 0 Å². The van der Waals surface area contributed by atoms with Crippen molar-refractivity contribution >= 4 is 34.1 Å². The van der Waals surface area contributed by atoms with Crippen molar-refractivity contribution in [2.75, 3.05) is 0 Å². The van der Waals surface area contributed by atoms with Crippen LogP contribution in [0.2, 0.25) is 10.0 Å². The number of phenols is 1. The molecule has 0 fully saturated rings. The zero-order chi connectivity index (χ0) is 17.4. The Labute approximate surface area is 167 Å². The minimum absolute atomic E-state index is 0. The summed E-state index contributed by atoms with van der Waals surface area (Å²) in [6, 6.07) is 22.3. The third-order valence-electron chi connectivity index (χ3n) is 4.10. The Morgan fingerprint density at radius 1 is 0.769 bits per heavy atom. The van der Waals surface area contributed by atoms with Crippen molar-refractivity contribution in [3.8, 4) is 28.1 Å². The first-order valence-electron chi connectivity index (χ1n) is 7.76. The first kappa shape index (κ1) is 18.5. The van der Waals surface area contributed by atoms with Crippen molar-refractivity contribution in [3.05, 3.63) is 82.8 Å². The molecular weight excluding hydrogens is 389 g/mol. The highest BCUT2D eigenvalue weighted by molar-refractivity contribution is 6.34. The van der Waals surface area contributed by atoms with Gasteiger partial charge >= 0.3 is 0 Å². The Kier molecular flexibility index (Phi) is 5.38. The Bertz CT molecular complexity index is 1080. The fraction of sp³-hybridized carbons (Fsp3) is 0. The molecule has 0 saturated carbocycles. The highest BCUT2D eigenvalue weighted by atomic mass is 35.5. The quantitative estimate of drug-likeness (QED) is 0.557. The number of aromatic nitrogens is 1. The molecule has 0 atom stereocenters. The molecule has 3 aromatic carbocycles. The van der Waals surface area contributed by atoms with E-state index in [1.54, 1.807) is 12.1 Å². The van der Waals surface area contributed by atoms with Gasteiger partial charge < -0.3 is 17.5 Å². The van der Waals surface area contributed by atoms with Crippen LogP contribution in [0.3, 0.4) is 0 Å². The molecule has 0 aliphatic carbocycles. The molecule has 0 aliphatic heterocycles. The zero-order valence-electron chi connectivity index (χ0n) is 13.5. The summed E-state index contributed by atoms with van der Waals surface area (Å²) in [6.07, 6.45) is 0. The smallest absolute Gasteiger partial charge is 0.115 e. The lowest BCUT2D eigenvalue weighted by Crippen LogP contribution is -3.00. The highest BCUT2D eigenvalue weighted by Crippen LogP contribution is 2.36. The SMILES string of the molecule is Oc1ccc(-c2cc(-c3ccccc3Cl)c3cc(Cl)ccc3n2)cc1.[Cl-]. The third kappa shape index (κ3) is 3.49. The molecule has 2 nitrogen and oxygen atoms in total. The molecule has 4 aromatic rings. The normalized spacial score (nSPS) is 10.5. The van der Waals surface area contributed by atoms with Crippen LogP contribution in [0.5, 0.6) is 5.75 Å². The van der Waals surface area contributed by atoms with Crippen molar-refractivity contribution in [2.24, 2.45) is 0 Å². The average Bonchev–Trinajstić information content (AvgIpc) is 2.62. The Balaban J connectivity index is 0.00000196. The summed E-state index contributed by atoms with van der Waals surface area (Å²) in [7, 11) is 0. The molecule has 0 saturated heterocycles. The van der Waals surface area contributed by atoms with Crippen LogP contribution in [0.4, 0.5) is 0 Å². The monoisotopic (exact) mass is 400 g/mol. The van der Waals surface area contributed by atoms with E-state index in [0.717, 1.165) is 33.3 Å². The van der Waals surface area contributed by atoms with E-state index in [0.29, 0.717) is 10.0 Å². The summed E-state index contributed by atoms with van der Waals surface area (Å²) in [5.74, 6) is 0.225. The Morgan fingerprint density at radius 2 is 1.50 bits per heavy atom. The van der Waals surface area contributed by atoms with Gasteiger partial charge in [-0.05, 0) is 60.2 Å². The van der Waals surface area contributed by atoms with Crippen molar-refractivity contribution in [1.82, 2.24) is 4.98 Å². The number of phenolic OH excluding ortho intramolecular Hbond substituents is 1. The number of halogens is 3. The third-order valence-corrected chi connectivity index (χ3v) is 4.66. The van der Waals surface area contributed by atoms with Gasteiger partial charge in [-0.1, -0.05) is 41.4 Å². The largest absolute Gasteiger partial charge is 1.00 e. The molecule has 0 spiro atoms. The predicted molar refractivity (Wildman–Crippen MR) is 104 cm³/mol. The second-order valence-electron chi connectivity index (χ2n) is 5.74. The van der Waals surface area contributed by atoms with E-state index >= 15 is 0 Å². The lowest BCUT2D eigenvalue weighted by atomic mass is 9.98. The summed E-state index contributed by atoms with van der Waals surface area (Å²) in [6.45, 7) is 0. The van der Waals surface area contributed by atoms with E-state index < -0.39 is 0 Å². The zero-order valence-corrected chi connectivity index (χ0v) is 15.7. The number of hydrogen-bond acceptors (Lipinski definition) is 2. The van der Waals surface area contributed by atoms with Gasteiger partial charge in [-0.25, -0.2) is 4.98 Å². The molecule has 1 heterocycles. The second-order valence-corrected chi connectivity index (χ2v) is 6.59. The van der Waals surface area contributed by atoms with Crippen LogP contribution in [0.15, 0.2) is 72.8 Å². The molecule has 0 amide bonds. The number of pyridine rings is 1. The van der Waals surface area contributed by atoms with Crippen LogP contribution >= 0.6 is 23.2 Å². The second kappa shape index (κ2) is 7.55. The van der Waals surface area contributed by atoms with E-state index in [9.17, 15) is 5.11 Å². The van der Waals surface area contributed by atoms with Gasteiger partial charge in [0.1, 0.15) is 5.75 Å². The standard InChI is InChI=1S/C21H13Cl2NO.ClH/c22-14-7-10-20-18(11-14)17(16-3-1-2-4-19(16)23)12-21(24-20)13-5-8-15(25)9-6-13;/h1-12,25H;1H/p-1. The molecule has 130 valence electrons. The van der Waals surface area contributed by atoms with Gasteiger partial charge in [0.25, 0.3) is 0 Å². The summed E-state index contributed by atoms with van der Waals surface area (Å²) < 4.78 is 0. The molecule has 26 heavy (non-hydrogen) atoms. The summed E-state index contributed by atoms with van der Waals surface area (Å²) in [4.78, 5) is 4.75. The maximum Gasteiger partial charge on any atom is 0.115 e. The van der Waals surface area contributed by atoms with Gasteiger partial charge in [-0.2, -0.15) is 0 Å². The molecule has 0 unspecified atom stereocenters. The number of aromatic hydroxyl groups is 1. The average molecular weight is 402 g/mol. The molecule has 0 aliphatic rings. The van der Waals surface area contributed by atoms with Gasteiger partial charge in [0.05, 0.1) is 11.2 Å². The topological polar surface area (TPSA) is 33.1 Å². The fourth-order valence-corrected chi connectivity index (χ4v) is 3.29. The minimum Gasteiger partial charge on any atom is -1.00 e. The number of benzene rings is 3. The molecule has 0 bridgehead atoms. The number of hydrogen-bond donors (Lipinski definition) is 1. The van der Waals surface area contributed by atoms with Crippen LogP contribution < -0.4 is 12.4 Å². The molecule has 1 aromatic heterocycles. The van der Waals surface area contributed by atoms with Crippen LogP contribution in [-0.4, -0.2) is 10.1 Å². The van der Waals surface area contributed by atoms with Gasteiger partial charge in [-0.3, -0.25) is 0 Å². The van der Waals surface area contributed by atoms with E-state index in [-0.39, 0.29) is 18.2 Å². The summed E-state index contributed by atoms with van der Waals surface area (Å²) >= 11 is 12.6.